The number of morpholine rings is 1. The van der Waals surface area contributed by atoms with Crippen molar-refractivity contribution in [2.24, 2.45) is 0 Å². The summed E-state index contributed by atoms with van der Waals surface area (Å²) >= 11 is 3.55. The molecule has 0 aliphatic carbocycles. The van der Waals surface area contributed by atoms with Crippen molar-refractivity contribution in [3.8, 4) is 5.75 Å². The van der Waals surface area contributed by atoms with E-state index in [1.54, 1.807) is 0 Å². The van der Waals surface area contributed by atoms with E-state index in [0.29, 0.717) is 0 Å². The minimum Gasteiger partial charge on any atom is -0.491 e. The molecule has 0 aromatic heterocycles. The van der Waals surface area contributed by atoms with E-state index in [2.05, 4.69) is 46.8 Å². The lowest BCUT2D eigenvalue weighted by molar-refractivity contribution is 0.0374. The predicted octanol–water partition coefficient (Wildman–Crippen LogP) is 3.50. The van der Waals surface area contributed by atoms with Gasteiger partial charge in [0.05, 0.1) is 19.3 Å². The van der Waals surface area contributed by atoms with Gasteiger partial charge in [-0.15, -0.1) is 0 Å². The maximum absolute atomic E-state index is 5.89. The molecule has 4 heteroatoms. The Morgan fingerprint density at radius 3 is 2.75 bits per heavy atom. The largest absolute Gasteiger partial charge is 0.491 e. The van der Waals surface area contributed by atoms with Crippen molar-refractivity contribution in [3.63, 3.8) is 0 Å². The first-order valence-corrected chi connectivity index (χ1v) is 8.19. The van der Waals surface area contributed by atoms with Crippen molar-refractivity contribution < 1.29 is 9.47 Å². The fraction of sp³-hybridized carbons (Fsp3) is 0.625. The number of ether oxygens (including phenoxy) is 2. The highest BCUT2D eigenvalue weighted by Crippen LogP contribution is 2.25. The molecule has 1 aromatic rings. The fourth-order valence-electron chi connectivity index (χ4n) is 2.43. The average molecular weight is 342 g/mol. The van der Waals surface area contributed by atoms with Crippen LogP contribution in [-0.2, 0) is 11.2 Å². The van der Waals surface area contributed by atoms with Gasteiger partial charge in [-0.3, -0.25) is 4.90 Å². The summed E-state index contributed by atoms with van der Waals surface area (Å²) in [7, 11) is 0. The molecule has 2 rings (SSSR count). The van der Waals surface area contributed by atoms with Crippen LogP contribution in [-0.4, -0.2) is 43.9 Å². The molecule has 0 bridgehead atoms. The third-order valence-electron chi connectivity index (χ3n) is 3.41. The van der Waals surface area contributed by atoms with Crippen LogP contribution in [0, 0.1) is 0 Å². The Hall–Kier alpha value is -0.580. The highest BCUT2D eigenvalue weighted by molar-refractivity contribution is 9.10. The van der Waals surface area contributed by atoms with Crippen molar-refractivity contribution in [2.45, 2.75) is 32.8 Å². The second kappa shape index (κ2) is 8.01. The van der Waals surface area contributed by atoms with Crippen molar-refractivity contribution in [1.82, 2.24) is 4.90 Å². The normalized spacial score (nSPS) is 16.6. The maximum Gasteiger partial charge on any atom is 0.122 e. The lowest BCUT2D eigenvalue weighted by Crippen LogP contribution is -2.36. The molecule has 0 saturated carbocycles. The molecule has 1 aliphatic heterocycles. The van der Waals surface area contributed by atoms with Gasteiger partial charge in [0.15, 0.2) is 0 Å². The Labute approximate surface area is 130 Å². The summed E-state index contributed by atoms with van der Waals surface area (Å²) in [5.41, 5.74) is 1.29. The van der Waals surface area contributed by atoms with Gasteiger partial charge in [0.1, 0.15) is 5.75 Å². The molecule has 1 saturated heterocycles. The van der Waals surface area contributed by atoms with E-state index in [1.165, 1.54) is 5.56 Å². The third kappa shape index (κ3) is 5.08. The van der Waals surface area contributed by atoms with Crippen LogP contribution in [0.3, 0.4) is 0 Å². The van der Waals surface area contributed by atoms with Crippen molar-refractivity contribution in [2.75, 3.05) is 32.8 Å². The summed E-state index contributed by atoms with van der Waals surface area (Å²) in [6, 6.07) is 6.29. The van der Waals surface area contributed by atoms with Gasteiger partial charge in [0.2, 0.25) is 0 Å². The van der Waals surface area contributed by atoms with Crippen LogP contribution in [0.2, 0.25) is 0 Å². The molecule has 3 nitrogen and oxygen atoms in total. The molecule has 1 aliphatic rings. The molecule has 112 valence electrons. The van der Waals surface area contributed by atoms with Crippen LogP contribution in [0.15, 0.2) is 22.7 Å². The molecule has 20 heavy (non-hydrogen) atoms. The molecular formula is C16H24BrNO2. The Bertz CT molecular complexity index is 417. The van der Waals surface area contributed by atoms with Crippen LogP contribution >= 0.6 is 15.9 Å². The first-order valence-electron chi connectivity index (χ1n) is 7.40. The Morgan fingerprint density at radius 1 is 1.30 bits per heavy atom. The van der Waals surface area contributed by atoms with Gasteiger partial charge in [-0.1, -0.05) is 15.9 Å². The molecule has 0 atom stereocenters. The Morgan fingerprint density at radius 2 is 2.05 bits per heavy atom. The molecule has 0 radical (unpaired) electrons. The summed E-state index contributed by atoms with van der Waals surface area (Å²) in [4.78, 5) is 2.48. The molecule has 0 N–H and O–H groups in total. The van der Waals surface area contributed by atoms with Crippen molar-refractivity contribution >= 4 is 15.9 Å². The summed E-state index contributed by atoms with van der Waals surface area (Å²) in [5, 5.41) is 0. The Balaban J connectivity index is 1.88. The minimum atomic E-state index is 0.217. The van der Waals surface area contributed by atoms with Crippen LogP contribution in [0.25, 0.3) is 0 Å². The third-order valence-corrected chi connectivity index (χ3v) is 3.90. The zero-order valence-electron chi connectivity index (χ0n) is 12.4. The van der Waals surface area contributed by atoms with Crippen molar-refractivity contribution in [1.29, 1.82) is 0 Å². The van der Waals surface area contributed by atoms with E-state index in [0.717, 1.165) is 55.9 Å². The van der Waals surface area contributed by atoms with E-state index < -0.39 is 0 Å². The van der Waals surface area contributed by atoms with Gasteiger partial charge >= 0.3 is 0 Å². The van der Waals surface area contributed by atoms with Crippen LogP contribution in [0.1, 0.15) is 25.8 Å². The summed E-state index contributed by atoms with van der Waals surface area (Å²) < 4.78 is 12.4. The second-order valence-corrected chi connectivity index (χ2v) is 6.39. The lowest BCUT2D eigenvalue weighted by Gasteiger charge is -2.26. The summed E-state index contributed by atoms with van der Waals surface area (Å²) in [5.74, 6) is 1.02. The predicted molar refractivity (Wildman–Crippen MR) is 85.5 cm³/mol. The molecule has 1 fully saturated rings. The number of rotatable bonds is 6. The van der Waals surface area contributed by atoms with Gasteiger partial charge in [-0.05, 0) is 57.0 Å². The minimum absolute atomic E-state index is 0.217. The van der Waals surface area contributed by atoms with Gasteiger partial charge in [0, 0.05) is 17.6 Å². The number of hydrogen-bond donors (Lipinski definition) is 0. The first-order chi connectivity index (χ1) is 9.65. The Kier molecular flexibility index (Phi) is 6.33. The molecule has 0 amide bonds. The standard InChI is InChI=1S/C16H24BrNO2/c1-13(2)20-16-6-5-15(17)12-14(16)4-3-7-18-8-10-19-11-9-18/h5-6,12-13H,3-4,7-11H2,1-2H3. The first kappa shape index (κ1) is 15.8. The zero-order chi connectivity index (χ0) is 14.4. The van der Waals surface area contributed by atoms with Gasteiger partial charge in [0.25, 0.3) is 0 Å². The second-order valence-electron chi connectivity index (χ2n) is 5.48. The van der Waals surface area contributed by atoms with Gasteiger partial charge in [-0.2, -0.15) is 0 Å². The number of benzene rings is 1. The molecule has 1 aromatic carbocycles. The van der Waals surface area contributed by atoms with E-state index in [-0.39, 0.29) is 6.10 Å². The van der Waals surface area contributed by atoms with Crippen LogP contribution in [0.5, 0.6) is 5.75 Å². The molecular weight excluding hydrogens is 318 g/mol. The monoisotopic (exact) mass is 341 g/mol. The summed E-state index contributed by atoms with van der Waals surface area (Å²) in [6.45, 7) is 9.15. The molecule has 0 unspecified atom stereocenters. The van der Waals surface area contributed by atoms with Crippen molar-refractivity contribution in [3.05, 3.63) is 28.2 Å². The van der Waals surface area contributed by atoms with Crippen LogP contribution < -0.4 is 4.74 Å². The number of halogens is 1. The molecule has 0 spiro atoms. The smallest absolute Gasteiger partial charge is 0.122 e. The highest BCUT2D eigenvalue weighted by atomic mass is 79.9. The summed E-state index contributed by atoms with van der Waals surface area (Å²) in [6.07, 6.45) is 2.43. The van der Waals surface area contributed by atoms with E-state index in [9.17, 15) is 0 Å². The van der Waals surface area contributed by atoms with E-state index in [1.807, 2.05) is 6.07 Å². The van der Waals surface area contributed by atoms with Crippen LogP contribution in [0.4, 0.5) is 0 Å². The number of hydrogen-bond acceptors (Lipinski definition) is 3. The number of nitrogens with zero attached hydrogens (tertiary/aromatic N) is 1. The van der Waals surface area contributed by atoms with Gasteiger partial charge in [-0.25, -0.2) is 0 Å². The van der Waals surface area contributed by atoms with E-state index >= 15 is 0 Å². The topological polar surface area (TPSA) is 21.7 Å². The highest BCUT2D eigenvalue weighted by Gasteiger charge is 2.11. The maximum atomic E-state index is 5.89. The van der Waals surface area contributed by atoms with Gasteiger partial charge < -0.3 is 9.47 Å². The lowest BCUT2D eigenvalue weighted by atomic mass is 10.1. The average Bonchev–Trinajstić information content (AvgIpc) is 2.42. The fourth-order valence-corrected chi connectivity index (χ4v) is 2.84. The quantitative estimate of drug-likeness (QED) is 0.790. The number of aryl methyl sites for hydroxylation is 1. The van der Waals surface area contributed by atoms with E-state index in [4.69, 9.17) is 9.47 Å². The zero-order valence-corrected chi connectivity index (χ0v) is 14.0. The SMILES string of the molecule is CC(C)Oc1ccc(Br)cc1CCCN1CCOCC1. The molecule has 1 heterocycles.